The average Bonchev–Trinajstić information content (AvgIpc) is 3.28. The van der Waals surface area contributed by atoms with Crippen LogP contribution < -0.4 is 4.90 Å². The highest BCUT2D eigenvalue weighted by atomic mass is 16.1. The molecule has 3 aromatic carbocycles. The van der Waals surface area contributed by atoms with Crippen molar-refractivity contribution in [3.05, 3.63) is 90.5 Å². The van der Waals surface area contributed by atoms with Crippen molar-refractivity contribution in [3.63, 3.8) is 0 Å². The maximum absolute atomic E-state index is 12.6. The van der Waals surface area contributed by atoms with Gasteiger partial charge in [0.05, 0.1) is 0 Å². The van der Waals surface area contributed by atoms with Gasteiger partial charge in [-0.25, -0.2) is 0 Å². The van der Waals surface area contributed by atoms with Crippen LogP contribution in [-0.4, -0.2) is 5.78 Å². The van der Waals surface area contributed by atoms with Crippen molar-refractivity contribution in [2.24, 2.45) is 5.92 Å². The Morgan fingerprint density at radius 2 is 1.21 bits per heavy atom. The minimum Gasteiger partial charge on any atom is -0.311 e. The summed E-state index contributed by atoms with van der Waals surface area (Å²) in [6, 6.07) is 28.7. The molecule has 3 aromatic rings. The Bertz CT molecular complexity index is 841. The van der Waals surface area contributed by atoms with E-state index in [0.717, 1.165) is 35.0 Å². The van der Waals surface area contributed by atoms with E-state index in [1.807, 2.05) is 48.5 Å². The zero-order chi connectivity index (χ0) is 19.2. The highest BCUT2D eigenvalue weighted by Crippen LogP contribution is 2.34. The number of benzene rings is 3. The predicted octanol–water partition coefficient (Wildman–Crippen LogP) is 7.31. The van der Waals surface area contributed by atoms with E-state index in [1.165, 1.54) is 25.7 Å². The van der Waals surface area contributed by atoms with Gasteiger partial charge in [0.1, 0.15) is 0 Å². The molecule has 2 heteroatoms. The molecule has 1 aliphatic carbocycles. The Balaban J connectivity index is 1.54. The lowest BCUT2D eigenvalue weighted by atomic mass is 9.97. The minimum atomic E-state index is 0.268. The molecule has 142 valence electrons. The molecule has 28 heavy (non-hydrogen) atoms. The van der Waals surface area contributed by atoms with Gasteiger partial charge in [0.15, 0.2) is 5.78 Å². The molecule has 0 bridgehead atoms. The average molecular weight is 370 g/mol. The molecule has 0 amide bonds. The van der Waals surface area contributed by atoms with Crippen LogP contribution in [0.4, 0.5) is 17.1 Å². The smallest absolute Gasteiger partial charge is 0.162 e. The Kier molecular flexibility index (Phi) is 5.86. The fourth-order valence-electron chi connectivity index (χ4n) is 4.18. The van der Waals surface area contributed by atoms with Crippen LogP contribution in [0, 0.1) is 5.92 Å². The van der Waals surface area contributed by atoms with Gasteiger partial charge in [-0.2, -0.15) is 0 Å². The maximum atomic E-state index is 12.6. The summed E-state index contributed by atoms with van der Waals surface area (Å²) >= 11 is 0. The molecule has 0 radical (unpaired) electrons. The van der Waals surface area contributed by atoms with Gasteiger partial charge in [-0.15, -0.1) is 0 Å². The lowest BCUT2D eigenvalue weighted by Gasteiger charge is -2.25. The number of carbonyl (C=O) groups is 1. The third-order valence-electron chi connectivity index (χ3n) is 5.73. The van der Waals surface area contributed by atoms with Crippen molar-refractivity contribution in [2.75, 3.05) is 4.90 Å². The Morgan fingerprint density at radius 1 is 0.714 bits per heavy atom. The molecule has 1 saturated carbocycles. The topological polar surface area (TPSA) is 20.3 Å². The minimum absolute atomic E-state index is 0.268. The summed E-state index contributed by atoms with van der Waals surface area (Å²) in [5.41, 5.74) is 4.09. The molecule has 0 unspecified atom stereocenters. The van der Waals surface area contributed by atoms with E-state index in [4.69, 9.17) is 0 Å². The van der Waals surface area contributed by atoms with Gasteiger partial charge >= 0.3 is 0 Å². The Labute approximate surface area is 167 Å². The van der Waals surface area contributed by atoms with Gasteiger partial charge in [-0.3, -0.25) is 4.79 Å². The van der Waals surface area contributed by atoms with Crippen LogP contribution >= 0.6 is 0 Å². The lowest BCUT2D eigenvalue weighted by molar-refractivity contribution is 0.0974. The third-order valence-corrected chi connectivity index (χ3v) is 5.73. The van der Waals surface area contributed by atoms with Crippen molar-refractivity contribution in [1.29, 1.82) is 0 Å². The van der Waals surface area contributed by atoms with Gasteiger partial charge in [-0.05, 0) is 60.9 Å². The van der Waals surface area contributed by atoms with Crippen LogP contribution in [-0.2, 0) is 0 Å². The summed E-state index contributed by atoms with van der Waals surface area (Å²) in [4.78, 5) is 14.8. The van der Waals surface area contributed by atoms with Crippen molar-refractivity contribution >= 4 is 22.8 Å². The zero-order valence-corrected chi connectivity index (χ0v) is 16.3. The lowest BCUT2D eigenvalue weighted by Crippen LogP contribution is -2.10. The molecule has 0 N–H and O–H groups in total. The van der Waals surface area contributed by atoms with Gasteiger partial charge in [0.2, 0.25) is 0 Å². The summed E-state index contributed by atoms with van der Waals surface area (Å²) in [5, 5.41) is 0. The normalized spacial score (nSPS) is 14.1. The predicted molar refractivity (Wildman–Crippen MR) is 117 cm³/mol. The standard InChI is InChI=1S/C26H27NO/c28-26(20-15-21-9-7-8-10-21)22-16-18-25(19-17-22)27(23-11-3-1-4-12-23)24-13-5-2-6-14-24/h1-6,11-14,16-19,21H,7-10,15,20H2. The first-order chi connectivity index (χ1) is 13.8. The monoisotopic (exact) mass is 369 g/mol. The SMILES string of the molecule is O=C(CCC1CCCC1)c1ccc(N(c2ccccc2)c2ccccc2)cc1. The van der Waals surface area contributed by atoms with E-state index in [-0.39, 0.29) is 5.78 Å². The second-order valence-corrected chi connectivity index (χ2v) is 7.67. The first-order valence-corrected chi connectivity index (χ1v) is 10.3. The van der Waals surface area contributed by atoms with Crippen LogP contribution in [0.25, 0.3) is 0 Å². The van der Waals surface area contributed by atoms with Gasteiger partial charge < -0.3 is 4.90 Å². The molecule has 0 aromatic heterocycles. The van der Waals surface area contributed by atoms with Crippen LogP contribution in [0.3, 0.4) is 0 Å². The largest absolute Gasteiger partial charge is 0.311 e. The van der Waals surface area contributed by atoms with Crippen LogP contribution in [0.2, 0.25) is 0 Å². The molecule has 0 heterocycles. The van der Waals surface area contributed by atoms with Crippen molar-refractivity contribution in [2.45, 2.75) is 38.5 Å². The van der Waals surface area contributed by atoms with Crippen molar-refractivity contribution in [3.8, 4) is 0 Å². The van der Waals surface area contributed by atoms with Crippen LogP contribution in [0.15, 0.2) is 84.9 Å². The number of Topliss-reactive ketones (excluding diaryl/α,β-unsaturated/α-hetero) is 1. The molecule has 4 rings (SSSR count). The number of carbonyl (C=O) groups excluding carboxylic acids is 1. The summed E-state index contributed by atoms with van der Waals surface area (Å²) < 4.78 is 0. The highest BCUT2D eigenvalue weighted by molar-refractivity contribution is 5.96. The summed E-state index contributed by atoms with van der Waals surface area (Å²) in [6.07, 6.45) is 6.99. The first kappa shape index (κ1) is 18.5. The second-order valence-electron chi connectivity index (χ2n) is 7.67. The van der Waals surface area contributed by atoms with Gasteiger partial charge in [0, 0.05) is 29.0 Å². The summed E-state index contributed by atoms with van der Waals surface area (Å²) in [5.74, 6) is 1.03. The number of para-hydroxylation sites is 2. The van der Waals surface area contributed by atoms with Gasteiger partial charge in [-0.1, -0.05) is 62.1 Å². The maximum Gasteiger partial charge on any atom is 0.162 e. The number of anilines is 3. The number of hydrogen-bond donors (Lipinski definition) is 0. The number of ketones is 1. The molecule has 2 nitrogen and oxygen atoms in total. The quantitative estimate of drug-likeness (QED) is 0.407. The van der Waals surface area contributed by atoms with E-state index in [2.05, 4.69) is 41.3 Å². The summed E-state index contributed by atoms with van der Waals surface area (Å²) in [6.45, 7) is 0. The highest BCUT2D eigenvalue weighted by Gasteiger charge is 2.17. The van der Waals surface area contributed by atoms with E-state index in [0.29, 0.717) is 6.42 Å². The van der Waals surface area contributed by atoms with Crippen molar-refractivity contribution < 1.29 is 4.79 Å². The second kappa shape index (κ2) is 8.88. The van der Waals surface area contributed by atoms with E-state index in [1.54, 1.807) is 0 Å². The van der Waals surface area contributed by atoms with Gasteiger partial charge in [0.25, 0.3) is 0 Å². The number of nitrogens with zero attached hydrogens (tertiary/aromatic N) is 1. The Hall–Kier alpha value is -2.87. The molecule has 0 saturated heterocycles. The fourth-order valence-corrected chi connectivity index (χ4v) is 4.18. The summed E-state index contributed by atoms with van der Waals surface area (Å²) in [7, 11) is 0. The molecule has 0 aliphatic heterocycles. The number of hydrogen-bond acceptors (Lipinski definition) is 2. The van der Waals surface area contributed by atoms with Crippen molar-refractivity contribution in [1.82, 2.24) is 0 Å². The Morgan fingerprint density at radius 3 is 1.75 bits per heavy atom. The van der Waals surface area contributed by atoms with E-state index in [9.17, 15) is 4.79 Å². The van der Waals surface area contributed by atoms with E-state index < -0.39 is 0 Å². The number of rotatable bonds is 7. The zero-order valence-electron chi connectivity index (χ0n) is 16.3. The van der Waals surface area contributed by atoms with Crippen LogP contribution in [0.5, 0.6) is 0 Å². The molecule has 1 aliphatic rings. The fraction of sp³-hybridized carbons (Fsp3) is 0.269. The van der Waals surface area contributed by atoms with E-state index >= 15 is 0 Å². The molecule has 1 fully saturated rings. The van der Waals surface area contributed by atoms with Crippen LogP contribution in [0.1, 0.15) is 48.9 Å². The molecular formula is C26H27NO. The molecule has 0 spiro atoms. The third kappa shape index (κ3) is 4.33. The first-order valence-electron chi connectivity index (χ1n) is 10.3. The molecular weight excluding hydrogens is 342 g/mol. The molecule has 0 atom stereocenters.